The lowest BCUT2D eigenvalue weighted by Crippen LogP contribution is -2.35. The second kappa shape index (κ2) is 5.59. The van der Waals surface area contributed by atoms with Crippen molar-refractivity contribution in [3.8, 4) is 0 Å². The zero-order valence-corrected chi connectivity index (χ0v) is 10.9. The van der Waals surface area contributed by atoms with E-state index >= 15 is 0 Å². The standard InChI is InChI=1S/C12H16F3NOS/c1-16-11(10-4-2-3-5-17-10)8-6-18-7-9(8)12(13,14)15/h6-7,10-11,16H,2-5H2,1H3. The molecule has 18 heavy (non-hydrogen) atoms. The highest BCUT2D eigenvalue weighted by molar-refractivity contribution is 7.08. The summed E-state index contributed by atoms with van der Waals surface area (Å²) in [4.78, 5) is 0. The first kappa shape index (κ1) is 13.8. The van der Waals surface area contributed by atoms with Crippen LogP contribution < -0.4 is 5.32 Å². The van der Waals surface area contributed by atoms with E-state index in [1.807, 2.05) is 0 Å². The summed E-state index contributed by atoms with van der Waals surface area (Å²) in [6, 6.07) is -0.381. The molecule has 2 nitrogen and oxygen atoms in total. The Bertz CT molecular complexity index is 385. The van der Waals surface area contributed by atoms with E-state index < -0.39 is 11.7 Å². The van der Waals surface area contributed by atoms with Gasteiger partial charge in [-0.3, -0.25) is 0 Å². The second-order valence-electron chi connectivity index (χ2n) is 4.41. The van der Waals surface area contributed by atoms with Gasteiger partial charge in [-0.1, -0.05) is 0 Å². The van der Waals surface area contributed by atoms with Gasteiger partial charge < -0.3 is 10.1 Å². The van der Waals surface area contributed by atoms with Crippen LogP contribution in [0.5, 0.6) is 0 Å². The van der Waals surface area contributed by atoms with E-state index in [4.69, 9.17) is 4.74 Å². The highest BCUT2D eigenvalue weighted by Gasteiger charge is 2.38. The third-order valence-corrected chi connectivity index (χ3v) is 3.99. The fourth-order valence-corrected chi connectivity index (χ4v) is 3.24. The molecule has 0 bridgehead atoms. The molecule has 2 rings (SSSR count). The number of ether oxygens (including phenoxy) is 1. The Balaban J connectivity index is 2.24. The maximum absolute atomic E-state index is 12.9. The average molecular weight is 279 g/mol. The maximum atomic E-state index is 12.9. The van der Waals surface area contributed by atoms with Crippen molar-refractivity contribution in [3.05, 3.63) is 21.9 Å². The van der Waals surface area contributed by atoms with Crippen molar-refractivity contribution in [1.82, 2.24) is 5.32 Å². The van der Waals surface area contributed by atoms with Crippen LogP contribution >= 0.6 is 11.3 Å². The summed E-state index contributed by atoms with van der Waals surface area (Å²) in [6.07, 6.45) is -1.66. The molecular formula is C12H16F3NOS. The molecule has 1 aliphatic heterocycles. The third-order valence-electron chi connectivity index (χ3n) is 3.23. The van der Waals surface area contributed by atoms with E-state index in [0.717, 1.165) is 30.6 Å². The molecule has 1 aromatic heterocycles. The summed E-state index contributed by atoms with van der Waals surface area (Å²) in [5.74, 6) is 0. The average Bonchev–Trinajstić information content (AvgIpc) is 2.80. The lowest BCUT2D eigenvalue weighted by atomic mass is 9.95. The van der Waals surface area contributed by atoms with E-state index in [2.05, 4.69) is 5.32 Å². The molecule has 1 aromatic rings. The van der Waals surface area contributed by atoms with Gasteiger partial charge in [0.25, 0.3) is 0 Å². The molecule has 0 saturated carbocycles. The lowest BCUT2D eigenvalue weighted by Gasteiger charge is -2.31. The molecule has 102 valence electrons. The van der Waals surface area contributed by atoms with Crippen LogP contribution in [0.15, 0.2) is 10.8 Å². The van der Waals surface area contributed by atoms with Gasteiger partial charge in [-0.25, -0.2) is 0 Å². The van der Waals surface area contributed by atoms with Gasteiger partial charge in [0.1, 0.15) is 0 Å². The number of rotatable bonds is 3. The molecule has 0 amide bonds. The number of hydrogen-bond donors (Lipinski definition) is 1. The molecule has 0 spiro atoms. The van der Waals surface area contributed by atoms with Gasteiger partial charge in [-0.2, -0.15) is 24.5 Å². The predicted octanol–water partition coefficient (Wildman–Crippen LogP) is 3.60. The van der Waals surface area contributed by atoms with Gasteiger partial charge in [-0.05, 0) is 37.3 Å². The van der Waals surface area contributed by atoms with Gasteiger partial charge in [0, 0.05) is 12.0 Å². The summed E-state index contributed by atoms with van der Waals surface area (Å²) in [5, 5.41) is 5.71. The minimum Gasteiger partial charge on any atom is -0.376 e. The van der Waals surface area contributed by atoms with Crippen molar-refractivity contribution in [2.45, 2.75) is 37.6 Å². The molecular weight excluding hydrogens is 263 g/mol. The molecule has 0 radical (unpaired) electrons. The van der Waals surface area contributed by atoms with Crippen molar-refractivity contribution in [2.24, 2.45) is 0 Å². The van der Waals surface area contributed by atoms with Crippen molar-refractivity contribution < 1.29 is 17.9 Å². The predicted molar refractivity (Wildman–Crippen MR) is 64.7 cm³/mol. The SMILES string of the molecule is CNC(c1cscc1C(F)(F)F)C1CCCCO1. The van der Waals surface area contributed by atoms with Crippen LogP contribution in [-0.2, 0) is 10.9 Å². The Hall–Kier alpha value is -0.590. The van der Waals surface area contributed by atoms with E-state index in [0.29, 0.717) is 12.2 Å². The van der Waals surface area contributed by atoms with Crippen LogP contribution in [0.3, 0.4) is 0 Å². The number of halogens is 3. The first-order valence-electron chi connectivity index (χ1n) is 5.96. The number of alkyl halides is 3. The summed E-state index contributed by atoms with van der Waals surface area (Å²) < 4.78 is 44.2. The molecule has 1 fully saturated rings. The van der Waals surface area contributed by atoms with Crippen molar-refractivity contribution in [1.29, 1.82) is 0 Å². The fourth-order valence-electron chi connectivity index (χ4n) is 2.35. The quantitative estimate of drug-likeness (QED) is 0.913. The van der Waals surface area contributed by atoms with Gasteiger partial charge >= 0.3 is 6.18 Å². The molecule has 1 N–H and O–H groups in total. The summed E-state index contributed by atoms with van der Waals surface area (Å²) in [7, 11) is 1.68. The number of thiophene rings is 1. The van der Waals surface area contributed by atoms with Crippen LogP contribution in [0.1, 0.15) is 36.4 Å². The fraction of sp³-hybridized carbons (Fsp3) is 0.667. The van der Waals surface area contributed by atoms with Crippen LogP contribution in [0.2, 0.25) is 0 Å². The Morgan fingerprint density at radius 3 is 2.72 bits per heavy atom. The molecule has 2 heterocycles. The zero-order chi connectivity index (χ0) is 13.2. The minimum absolute atomic E-state index is 0.167. The van der Waals surface area contributed by atoms with Gasteiger partial charge in [-0.15, -0.1) is 0 Å². The minimum atomic E-state index is -4.29. The molecule has 6 heteroatoms. The molecule has 1 saturated heterocycles. The second-order valence-corrected chi connectivity index (χ2v) is 5.15. The van der Waals surface area contributed by atoms with Gasteiger partial charge in [0.2, 0.25) is 0 Å². The van der Waals surface area contributed by atoms with E-state index in [1.54, 1.807) is 12.4 Å². The van der Waals surface area contributed by atoms with Crippen molar-refractivity contribution in [3.63, 3.8) is 0 Å². The lowest BCUT2D eigenvalue weighted by molar-refractivity contribution is -0.138. The first-order valence-corrected chi connectivity index (χ1v) is 6.90. The van der Waals surface area contributed by atoms with Crippen molar-refractivity contribution in [2.75, 3.05) is 13.7 Å². The number of hydrogen-bond acceptors (Lipinski definition) is 3. The van der Waals surface area contributed by atoms with Crippen LogP contribution in [-0.4, -0.2) is 19.8 Å². The Morgan fingerprint density at radius 1 is 1.39 bits per heavy atom. The molecule has 0 aliphatic carbocycles. The van der Waals surface area contributed by atoms with E-state index in [1.165, 1.54) is 5.38 Å². The Labute approximate surface area is 108 Å². The molecule has 0 aromatic carbocycles. The molecule has 1 aliphatic rings. The largest absolute Gasteiger partial charge is 0.417 e. The highest BCUT2D eigenvalue weighted by Crippen LogP contribution is 2.39. The summed E-state index contributed by atoms with van der Waals surface area (Å²) in [6.45, 7) is 0.633. The monoisotopic (exact) mass is 279 g/mol. The Morgan fingerprint density at radius 2 is 2.17 bits per heavy atom. The Kier molecular flexibility index (Phi) is 4.29. The summed E-state index contributed by atoms with van der Waals surface area (Å²) in [5.41, 5.74) is -0.233. The van der Waals surface area contributed by atoms with Crippen molar-refractivity contribution >= 4 is 11.3 Å². The van der Waals surface area contributed by atoms with Crippen LogP contribution in [0.25, 0.3) is 0 Å². The normalized spacial score (nSPS) is 23.0. The molecule has 2 atom stereocenters. The maximum Gasteiger partial charge on any atom is 0.417 e. The van der Waals surface area contributed by atoms with Crippen LogP contribution in [0.4, 0.5) is 13.2 Å². The van der Waals surface area contributed by atoms with Gasteiger partial charge in [0.05, 0.1) is 17.7 Å². The molecule has 2 unspecified atom stereocenters. The number of nitrogens with one attached hydrogen (secondary N) is 1. The third kappa shape index (κ3) is 2.87. The van der Waals surface area contributed by atoms with Crippen LogP contribution in [0, 0.1) is 0 Å². The highest BCUT2D eigenvalue weighted by atomic mass is 32.1. The van der Waals surface area contributed by atoms with E-state index in [9.17, 15) is 13.2 Å². The summed E-state index contributed by atoms with van der Waals surface area (Å²) >= 11 is 1.09. The zero-order valence-electron chi connectivity index (χ0n) is 10.1. The van der Waals surface area contributed by atoms with Gasteiger partial charge in [0.15, 0.2) is 0 Å². The van der Waals surface area contributed by atoms with E-state index in [-0.39, 0.29) is 12.1 Å². The smallest absolute Gasteiger partial charge is 0.376 e. The topological polar surface area (TPSA) is 21.3 Å². The number of likely N-dealkylation sites (N-methyl/N-ethyl adjacent to an activating group) is 1. The first-order chi connectivity index (χ1) is 8.54.